The van der Waals surface area contributed by atoms with Crippen LogP contribution in [-0.2, 0) is 4.79 Å². The molecule has 0 saturated carbocycles. The molecule has 104 valence electrons. The van der Waals surface area contributed by atoms with E-state index in [-0.39, 0.29) is 24.9 Å². The van der Waals surface area contributed by atoms with Crippen molar-refractivity contribution in [2.24, 2.45) is 5.73 Å². The Bertz CT molecular complexity index is 599. The SMILES string of the molecule is Cc1cc(C#CCN)cc(C(=O)N2CCNC(=O)C2)c1. The van der Waals surface area contributed by atoms with E-state index >= 15 is 0 Å². The first-order chi connectivity index (χ1) is 9.60. The van der Waals surface area contributed by atoms with E-state index in [0.717, 1.165) is 11.1 Å². The monoisotopic (exact) mass is 271 g/mol. The second kappa shape index (κ2) is 6.22. The number of amides is 2. The zero-order chi connectivity index (χ0) is 14.5. The van der Waals surface area contributed by atoms with Gasteiger partial charge in [0.1, 0.15) is 0 Å². The number of nitrogens with two attached hydrogens (primary N) is 1. The number of nitrogens with one attached hydrogen (secondary N) is 1. The van der Waals surface area contributed by atoms with Crippen LogP contribution in [-0.4, -0.2) is 42.9 Å². The summed E-state index contributed by atoms with van der Waals surface area (Å²) in [6, 6.07) is 5.45. The molecule has 20 heavy (non-hydrogen) atoms. The van der Waals surface area contributed by atoms with Gasteiger partial charge >= 0.3 is 0 Å². The molecular weight excluding hydrogens is 254 g/mol. The predicted molar refractivity (Wildman–Crippen MR) is 76.0 cm³/mol. The van der Waals surface area contributed by atoms with Gasteiger partial charge in [-0.2, -0.15) is 0 Å². The largest absolute Gasteiger partial charge is 0.353 e. The van der Waals surface area contributed by atoms with Gasteiger partial charge in [0.2, 0.25) is 5.91 Å². The van der Waals surface area contributed by atoms with Crippen LogP contribution in [0.5, 0.6) is 0 Å². The average molecular weight is 271 g/mol. The van der Waals surface area contributed by atoms with E-state index < -0.39 is 0 Å². The number of benzene rings is 1. The van der Waals surface area contributed by atoms with E-state index in [1.807, 2.05) is 19.1 Å². The Balaban J connectivity index is 2.25. The zero-order valence-electron chi connectivity index (χ0n) is 11.4. The highest BCUT2D eigenvalue weighted by Crippen LogP contribution is 2.12. The molecule has 1 aromatic rings. The zero-order valence-corrected chi connectivity index (χ0v) is 11.4. The molecule has 1 aliphatic heterocycles. The lowest BCUT2D eigenvalue weighted by Crippen LogP contribution is -2.50. The number of aryl methyl sites for hydroxylation is 1. The highest BCUT2D eigenvalue weighted by atomic mass is 16.2. The van der Waals surface area contributed by atoms with Crippen LogP contribution >= 0.6 is 0 Å². The van der Waals surface area contributed by atoms with Gasteiger partial charge in [-0.25, -0.2) is 0 Å². The summed E-state index contributed by atoms with van der Waals surface area (Å²) in [6.07, 6.45) is 0. The number of hydrogen-bond donors (Lipinski definition) is 2. The fraction of sp³-hybridized carbons (Fsp3) is 0.333. The lowest BCUT2D eigenvalue weighted by atomic mass is 10.1. The molecule has 0 radical (unpaired) electrons. The molecule has 0 bridgehead atoms. The molecule has 5 nitrogen and oxygen atoms in total. The molecule has 1 fully saturated rings. The van der Waals surface area contributed by atoms with Gasteiger partial charge in [-0.05, 0) is 30.7 Å². The van der Waals surface area contributed by atoms with Crippen molar-refractivity contribution in [1.82, 2.24) is 10.2 Å². The van der Waals surface area contributed by atoms with Gasteiger partial charge in [0.05, 0.1) is 13.1 Å². The van der Waals surface area contributed by atoms with Crippen molar-refractivity contribution in [3.63, 3.8) is 0 Å². The van der Waals surface area contributed by atoms with E-state index in [2.05, 4.69) is 17.2 Å². The minimum atomic E-state index is -0.139. The van der Waals surface area contributed by atoms with Gasteiger partial charge in [0, 0.05) is 24.2 Å². The maximum Gasteiger partial charge on any atom is 0.254 e. The van der Waals surface area contributed by atoms with Crippen LogP contribution in [0.2, 0.25) is 0 Å². The number of carbonyl (C=O) groups is 2. The van der Waals surface area contributed by atoms with Gasteiger partial charge < -0.3 is 16.0 Å². The third-order valence-electron chi connectivity index (χ3n) is 2.98. The topological polar surface area (TPSA) is 75.4 Å². The second-order valence-corrected chi connectivity index (χ2v) is 4.67. The molecule has 1 heterocycles. The quantitative estimate of drug-likeness (QED) is 0.699. The van der Waals surface area contributed by atoms with E-state index in [4.69, 9.17) is 5.73 Å². The Morgan fingerprint density at radius 1 is 1.45 bits per heavy atom. The molecule has 5 heteroatoms. The summed E-state index contributed by atoms with van der Waals surface area (Å²) in [5, 5.41) is 2.70. The molecule has 0 aliphatic carbocycles. The van der Waals surface area contributed by atoms with Gasteiger partial charge in [0.15, 0.2) is 0 Å². The summed E-state index contributed by atoms with van der Waals surface area (Å²) in [6.45, 7) is 3.33. The molecule has 1 aliphatic rings. The lowest BCUT2D eigenvalue weighted by molar-refractivity contribution is -0.123. The molecule has 1 saturated heterocycles. The predicted octanol–water partition coefficient (Wildman–Crippen LogP) is -0.123. The second-order valence-electron chi connectivity index (χ2n) is 4.67. The first kappa shape index (κ1) is 14.1. The standard InChI is InChI=1S/C15H17N3O2/c1-11-7-12(3-2-4-16)9-13(8-11)15(20)18-6-5-17-14(19)10-18/h7-9H,4-6,10,16H2,1H3,(H,17,19). The van der Waals surface area contributed by atoms with Crippen molar-refractivity contribution in [3.05, 3.63) is 34.9 Å². The van der Waals surface area contributed by atoms with Crippen molar-refractivity contribution in [1.29, 1.82) is 0 Å². The van der Waals surface area contributed by atoms with Crippen molar-refractivity contribution in [2.75, 3.05) is 26.2 Å². The number of hydrogen-bond acceptors (Lipinski definition) is 3. The van der Waals surface area contributed by atoms with Crippen LogP contribution in [0.1, 0.15) is 21.5 Å². The molecule has 0 unspecified atom stereocenters. The molecule has 3 N–H and O–H groups in total. The van der Waals surface area contributed by atoms with E-state index in [1.165, 1.54) is 0 Å². The third kappa shape index (κ3) is 3.37. The number of nitrogens with zero attached hydrogens (tertiary/aromatic N) is 1. The third-order valence-corrected chi connectivity index (χ3v) is 2.98. The average Bonchev–Trinajstić information content (AvgIpc) is 2.43. The summed E-state index contributed by atoms with van der Waals surface area (Å²) in [5.41, 5.74) is 7.63. The summed E-state index contributed by atoms with van der Waals surface area (Å²) in [5.74, 6) is 5.44. The number of piperazine rings is 1. The molecule has 2 amide bonds. The number of rotatable bonds is 1. The summed E-state index contributed by atoms with van der Waals surface area (Å²) in [7, 11) is 0. The lowest BCUT2D eigenvalue weighted by Gasteiger charge is -2.26. The normalized spacial score (nSPS) is 14.3. The molecule has 0 atom stereocenters. The van der Waals surface area contributed by atoms with Crippen molar-refractivity contribution < 1.29 is 9.59 Å². The van der Waals surface area contributed by atoms with E-state index in [1.54, 1.807) is 11.0 Å². The number of carbonyl (C=O) groups excluding carboxylic acids is 2. The van der Waals surface area contributed by atoms with Crippen LogP contribution < -0.4 is 11.1 Å². The summed E-state index contributed by atoms with van der Waals surface area (Å²) in [4.78, 5) is 25.3. The summed E-state index contributed by atoms with van der Waals surface area (Å²) < 4.78 is 0. The molecule has 1 aromatic carbocycles. The highest BCUT2D eigenvalue weighted by molar-refractivity contribution is 5.97. The first-order valence-electron chi connectivity index (χ1n) is 6.47. The van der Waals surface area contributed by atoms with Gasteiger partial charge in [-0.3, -0.25) is 9.59 Å². The van der Waals surface area contributed by atoms with Crippen LogP contribution in [0.3, 0.4) is 0 Å². The van der Waals surface area contributed by atoms with Crippen molar-refractivity contribution in [2.45, 2.75) is 6.92 Å². The molecule has 0 spiro atoms. The van der Waals surface area contributed by atoms with Gasteiger partial charge in [-0.15, -0.1) is 0 Å². The van der Waals surface area contributed by atoms with Gasteiger partial charge in [0.25, 0.3) is 5.91 Å². The van der Waals surface area contributed by atoms with Crippen LogP contribution in [0.15, 0.2) is 18.2 Å². The Hall–Kier alpha value is -2.32. The highest BCUT2D eigenvalue weighted by Gasteiger charge is 2.22. The van der Waals surface area contributed by atoms with Crippen LogP contribution in [0.4, 0.5) is 0 Å². The Labute approximate surface area is 118 Å². The Kier molecular flexibility index (Phi) is 4.38. The van der Waals surface area contributed by atoms with Crippen LogP contribution in [0.25, 0.3) is 0 Å². The van der Waals surface area contributed by atoms with E-state index in [0.29, 0.717) is 18.7 Å². The fourth-order valence-electron chi connectivity index (χ4n) is 2.13. The summed E-state index contributed by atoms with van der Waals surface area (Å²) >= 11 is 0. The Morgan fingerprint density at radius 3 is 2.95 bits per heavy atom. The minimum Gasteiger partial charge on any atom is -0.353 e. The molecular formula is C15H17N3O2. The first-order valence-corrected chi connectivity index (χ1v) is 6.47. The van der Waals surface area contributed by atoms with Gasteiger partial charge in [-0.1, -0.05) is 11.8 Å². The molecule has 0 aromatic heterocycles. The van der Waals surface area contributed by atoms with Crippen molar-refractivity contribution >= 4 is 11.8 Å². The van der Waals surface area contributed by atoms with Crippen molar-refractivity contribution in [3.8, 4) is 11.8 Å². The molecule has 2 rings (SSSR count). The van der Waals surface area contributed by atoms with E-state index in [9.17, 15) is 9.59 Å². The smallest absolute Gasteiger partial charge is 0.254 e. The Morgan fingerprint density at radius 2 is 2.25 bits per heavy atom. The van der Waals surface area contributed by atoms with Crippen LogP contribution in [0, 0.1) is 18.8 Å². The maximum absolute atomic E-state index is 12.4. The fourth-order valence-corrected chi connectivity index (χ4v) is 2.13. The minimum absolute atomic E-state index is 0.108. The maximum atomic E-state index is 12.4.